The quantitative estimate of drug-likeness (QED) is 0.194. The van der Waals surface area contributed by atoms with Gasteiger partial charge in [-0.2, -0.15) is 28.2 Å². The van der Waals surface area contributed by atoms with E-state index in [1.54, 1.807) is 49.6 Å². The number of carboxylic acids is 1. The number of hydrogen-bond acceptors (Lipinski definition) is 10. The molecule has 0 aliphatic carbocycles. The van der Waals surface area contributed by atoms with E-state index in [4.69, 9.17) is 15.2 Å². The fraction of sp³-hybridized carbons (Fsp3) is 0.441. The number of ether oxygens (including phenoxy) is 2. The van der Waals surface area contributed by atoms with Crippen molar-refractivity contribution in [1.29, 1.82) is 0 Å². The number of rotatable bonds is 10. The molecule has 5 heterocycles. The van der Waals surface area contributed by atoms with Crippen molar-refractivity contribution in [2.24, 2.45) is 5.41 Å². The summed E-state index contributed by atoms with van der Waals surface area (Å²) >= 11 is 0. The molecular formula is C34H39F3N8O4. The minimum Gasteiger partial charge on any atom is -0.480 e. The van der Waals surface area contributed by atoms with Crippen molar-refractivity contribution >= 4 is 17.7 Å². The van der Waals surface area contributed by atoms with E-state index in [0.29, 0.717) is 67.5 Å². The van der Waals surface area contributed by atoms with Gasteiger partial charge in [0, 0.05) is 54.8 Å². The van der Waals surface area contributed by atoms with Gasteiger partial charge in [-0.25, -0.2) is 9.67 Å². The molecule has 4 aromatic rings. The highest BCUT2D eigenvalue weighted by atomic mass is 19.4. The van der Waals surface area contributed by atoms with E-state index in [1.165, 1.54) is 16.8 Å². The molecule has 49 heavy (non-hydrogen) atoms. The molecule has 2 aliphatic heterocycles. The summed E-state index contributed by atoms with van der Waals surface area (Å²) in [5, 5.41) is 17.3. The van der Waals surface area contributed by atoms with Gasteiger partial charge in [-0.1, -0.05) is 19.1 Å². The highest BCUT2D eigenvalue weighted by Gasteiger charge is 2.50. The average molecular weight is 681 g/mol. The van der Waals surface area contributed by atoms with E-state index in [1.807, 2.05) is 18.7 Å². The lowest BCUT2D eigenvalue weighted by molar-refractivity contribution is -0.198. The largest absolute Gasteiger partial charge is 0.480 e. The first-order chi connectivity index (χ1) is 23.4. The van der Waals surface area contributed by atoms with Gasteiger partial charge in [0.1, 0.15) is 11.9 Å². The molecule has 6 rings (SSSR count). The number of pyridine rings is 1. The second-order valence-corrected chi connectivity index (χ2v) is 12.5. The number of halogens is 3. The molecule has 2 fully saturated rings. The highest BCUT2D eigenvalue weighted by molar-refractivity contribution is 5.74. The number of nitrogens with zero attached hydrogens (tertiary/aromatic N) is 6. The van der Waals surface area contributed by atoms with Crippen molar-refractivity contribution in [2.75, 3.05) is 30.3 Å². The molecular weight excluding hydrogens is 641 g/mol. The number of anilines is 2. The number of piperidine rings is 1. The summed E-state index contributed by atoms with van der Waals surface area (Å²) < 4.78 is 57.2. The summed E-state index contributed by atoms with van der Waals surface area (Å²) in [6.07, 6.45) is -1.39. The number of aryl methyl sites for hydroxylation is 1. The third kappa shape index (κ3) is 7.12. The Kier molecular flexibility index (Phi) is 9.38. The third-order valence-electron chi connectivity index (χ3n) is 9.43. The number of nitrogens with two attached hydrogens (primary N) is 1. The number of aromatic nitrogens is 5. The maximum atomic E-state index is 14.9. The summed E-state index contributed by atoms with van der Waals surface area (Å²) in [4.78, 5) is 26.3. The number of hydrogen-bond donors (Lipinski definition) is 3. The smallest absolute Gasteiger partial charge is 0.429 e. The van der Waals surface area contributed by atoms with Crippen LogP contribution in [0.5, 0.6) is 11.8 Å². The molecule has 12 nitrogen and oxygen atoms in total. The van der Waals surface area contributed by atoms with Gasteiger partial charge in [0.05, 0.1) is 18.0 Å². The maximum absolute atomic E-state index is 14.9. The van der Waals surface area contributed by atoms with Crippen molar-refractivity contribution in [3.63, 3.8) is 0 Å². The van der Waals surface area contributed by atoms with Gasteiger partial charge in [-0.05, 0) is 68.7 Å². The van der Waals surface area contributed by atoms with E-state index in [0.717, 1.165) is 6.42 Å². The lowest BCUT2D eigenvalue weighted by atomic mass is 9.71. The predicted molar refractivity (Wildman–Crippen MR) is 176 cm³/mol. The van der Waals surface area contributed by atoms with Crippen molar-refractivity contribution in [3.05, 3.63) is 66.1 Å². The molecule has 1 spiro atoms. The Morgan fingerprint density at radius 1 is 1.10 bits per heavy atom. The normalized spacial score (nSPS) is 19.6. The van der Waals surface area contributed by atoms with Crippen LogP contribution in [0.1, 0.15) is 56.9 Å². The zero-order valence-corrected chi connectivity index (χ0v) is 27.4. The SMILES string of the molecule is CCOc1ccc(-c2ccc([C@@H](Oc3cc(N4CCC5(CC4)CC(C(=O)O)NC5CC)nc(N)n3)C(F)(F)F)c(-n3ccc(C)n3)c2)cn1. The lowest BCUT2D eigenvalue weighted by Crippen LogP contribution is -2.46. The Hall–Kier alpha value is -4.92. The van der Waals surface area contributed by atoms with Gasteiger partial charge in [-0.15, -0.1) is 0 Å². The number of carbonyl (C=O) groups is 1. The van der Waals surface area contributed by atoms with E-state index >= 15 is 0 Å². The van der Waals surface area contributed by atoms with Crippen molar-refractivity contribution in [1.82, 2.24) is 30.0 Å². The van der Waals surface area contributed by atoms with E-state index in [-0.39, 0.29) is 34.5 Å². The number of nitrogens with one attached hydrogen (secondary N) is 1. The van der Waals surface area contributed by atoms with Gasteiger partial charge < -0.3 is 30.5 Å². The van der Waals surface area contributed by atoms with Crippen LogP contribution in [0.3, 0.4) is 0 Å². The molecule has 0 radical (unpaired) electrons. The summed E-state index contributed by atoms with van der Waals surface area (Å²) in [5.41, 5.74) is 7.75. The van der Waals surface area contributed by atoms with Crippen molar-refractivity contribution < 1.29 is 32.5 Å². The minimum absolute atomic E-state index is 0.0579. The molecule has 3 aromatic heterocycles. The average Bonchev–Trinajstić information content (AvgIpc) is 3.67. The van der Waals surface area contributed by atoms with Crippen LogP contribution in [0.25, 0.3) is 16.8 Å². The van der Waals surface area contributed by atoms with Crippen molar-refractivity contribution in [2.45, 2.75) is 70.8 Å². The highest BCUT2D eigenvalue weighted by Crippen LogP contribution is 2.46. The van der Waals surface area contributed by atoms with Crippen LogP contribution < -0.4 is 25.4 Å². The Bertz CT molecular complexity index is 1790. The summed E-state index contributed by atoms with van der Waals surface area (Å²) in [7, 11) is 0. The van der Waals surface area contributed by atoms with Crippen LogP contribution in [0.2, 0.25) is 0 Å². The first-order valence-corrected chi connectivity index (χ1v) is 16.3. The molecule has 260 valence electrons. The van der Waals surface area contributed by atoms with Gasteiger partial charge in [0.15, 0.2) is 0 Å². The lowest BCUT2D eigenvalue weighted by Gasteiger charge is -2.43. The first kappa shape index (κ1) is 34.0. The Morgan fingerprint density at radius 3 is 2.47 bits per heavy atom. The zero-order valence-electron chi connectivity index (χ0n) is 27.4. The van der Waals surface area contributed by atoms with Crippen molar-refractivity contribution in [3.8, 4) is 28.6 Å². The molecule has 2 unspecified atom stereocenters. The van der Waals surface area contributed by atoms with Crippen LogP contribution in [0.15, 0.2) is 54.9 Å². The monoisotopic (exact) mass is 680 g/mol. The number of alkyl halides is 3. The van der Waals surface area contributed by atoms with Crippen LogP contribution in [0.4, 0.5) is 24.9 Å². The number of nitrogen functional groups attached to an aromatic ring is 1. The van der Waals surface area contributed by atoms with Crippen LogP contribution >= 0.6 is 0 Å². The van der Waals surface area contributed by atoms with Gasteiger partial charge in [-0.3, -0.25) is 4.79 Å². The van der Waals surface area contributed by atoms with Crippen LogP contribution in [-0.2, 0) is 4.79 Å². The van der Waals surface area contributed by atoms with Gasteiger partial charge >= 0.3 is 12.1 Å². The molecule has 15 heteroatoms. The molecule has 0 amide bonds. The van der Waals surface area contributed by atoms with Gasteiger partial charge in [0.2, 0.25) is 23.8 Å². The summed E-state index contributed by atoms with van der Waals surface area (Å²) in [6.45, 7) is 7.12. The second-order valence-electron chi connectivity index (χ2n) is 12.5. The molecule has 2 aliphatic rings. The van der Waals surface area contributed by atoms with Crippen LogP contribution in [-0.4, -0.2) is 73.8 Å². The summed E-state index contributed by atoms with van der Waals surface area (Å²) in [6, 6.07) is 10.6. The molecule has 2 saturated heterocycles. The third-order valence-corrected chi connectivity index (χ3v) is 9.43. The molecule has 0 bridgehead atoms. The fourth-order valence-electron chi connectivity index (χ4n) is 7.03. The van der Waals surface area contributed by atoms with Crippen LogP contribution in [0, 0.1) is 12.3 Å². The van der Waals surface area contributed by atoms with E-state index < -0.39 is 24.3 Å². The van der Waals surface area contributed by atoms with E-state index in [9.17, 15) is 23.1 Å². The fourth-order valence-corrected chi connectivity index (χ4v) is 7.03. The van der Waals surface area contributed by atoms with E-state index in [2.05, 4.69) is 25.4 Å². The van der Waals surface area contributed by atoms with Gasteiger partial charge in [0.25, 0.3) is 0 Å². The Balaban J connectivity index is 1.29. The topological polar surface area (TPSA) is 154 Å². The first-order valence-electron chi connectivity index (χ1n) is 16.3. The molecule has 4 N–H and O–H groups in total. The zero-order chi connectivity index (χ0) is 34.9. The Labute approximate surface area is 281 Å². The molecule has 0 saturated carbocycles. The maximum Gasteiger partial charge on any atom is 0.429 e. The Morgan fingerprint density at radius 2 is 1.86 bits per heavy atom. The standard InChI is InChI=1S/C34H39F3N8O4/c1-4-26-33(18-24(40-26)31(46)47)11-14-44(15-12-33)27-17-29(42-32(38)41-27)49-30(34(35,36)37)23-8-6-21(16-25(23)45-13-10-20(3)43-45)22-7-9-28(39-19-22)48-5-2/h6-10,13,16-17,19,24,26,30,40H,4-5,11-12,14-15,18H2,1-3H3,(H,46,47)(H2,38,41,42)/t24?,26?,30-/m1/s1. The molecule has 1 aromatic carbocycles. The molecule has 3 atom stereocenters. The number of benzene rings is 1. The minimum atomic E-state index is -4.85. The predicted octanol–water partition coefficient (Wildman–Crippen LogP) is 5.51. The number of carboxylic acid groups (broad SMARTS) is 1. The number of aliphatic carboxylic acids is 1. The summed E-state index contributed by atoms with van der Waals surface area (Å²) in [5.74, 6) is -0.636. The second kappa shape index (κ2) is 13.5.